The van der Waals surface area contributed by atoms with Crippen LogP contribution in [0.5, 0.6) is 0 Å². The number of hydrogen-bond donors (Lipinski definition) is 2. The van der Waals surface area contributed by atoms with Crippen molar-refractivity contribution in [3.63, 3.8) is 0 Å². The van der Waals surface area contributed by atoms with Crippen LogP contribution in [0.4, 0.5) is 49.4 Å². The van der Waals surface area contributed by atoms with Crippen LogP contribution in [-0.4, -0.2) is 45.3 Å². The number of hydrogen-bond acceptors (Lipinski definition) is 8. The smallest absolute Gasteiger partial charge is 0.355 e. The average Bonchev–Trinajstić information content (AvgIpc) is 2.66. The van der Waals surface area contributed by atoms with Crippen molar-refractivity contribution >= 4 is 57.8 Å². The maximum absolute atomic E-state index is 11.9. The molecule has 10 nitrogen and oxygen atoms in total. The van der Waals surface area contributed by atoms with Crippen molar-refractivity contribution in [2.45, 2.75) is 12.4 Å². The fourth-order valence-corrected chi connectivity index (χ4v) is 2.23. The molecule has 0 amide bonds. The fourth-order valence-electron chi connectivity index (χ4n) is 1.80. The molecule has 0 saturated heterocycles. The highest BCUT2D eigenvalue weighted by Crippen LogP contribution is 2.31. The molecule has 0 saturated carbocycles. The first-order valence-corrected chi connectivity index (χ1v) is 9.06. The minimum atomic E-state index is -4.53. The van der Waals surface area contributed by atoms with Crippen molar-refractivity contribution in [3.05, 3.63) is 53.8 Å². The largest absolute Gasteiger partial charge is 0.405 e. The maximum atomic E-state index is 11.9. The van der Waals surface area contributed by atoms with Crippen LogP contribution in [0.1, 0.15) is 0 Å². The molecule has 2 N–H and O–H groups in total. The number of nitrogens with one attached hydrogen (secondary N) is 2. The van der Waals surface area contributed by atoms with Crippen molar-refractivity contribution in [2.24, 2.45) is 0 Å². The molecular weight excluding hydrogens is 537 g/mol. The highest BCUT2D eigenvalue weighted by molar-refractivity contribution is 6.41. The zero-order chi connectivity index (χ0) is 25.6. The number of pyridine rings is 2. The van der Waals surface area contributed by atoms with Gasteiger partial charge in [0.1, 0.15) is 18.2 Å². The topological polar surface area (TPSA) is 136 Å². The van der Waals surface area contributed by atoms with Crippen molar-refractivity contribution < 1.29 is 36.2 Å². The summed E-state index contributed by atoms with van der Waals surface area (Å²) in [5, 5.41) is 23.9. The summed E-state index contributed by atoms with van der Waals surface area (Å²) in [4.78, 5) is 26.0. The van der Waals surface area contributed by atoms with E-state index in [1.54, 1.807) is 5.32 Å². The minimum absolute atomic E-state index is 0.129. The molecule has 0 bridgehead atoms. The second-order valence-electron chi connectivity index (χ2n) is 5.58. The summed E-state index contributed by atoms with van der Waals surface area (Å²) in [6.07, 6.45) is -9.01. The Morgan fingerprint density at radius 1 is 0.818 bits per heavy atom. The summed E-state index contributed by atoms with van der Waals surface area (Å²) in [5.74, 6) is -1.09. The lowest BCUT2D eigenvalue weighted by Gasteiger charge is -2.09. The van der Waals surface area contributed by atoms with Gasteiger partial charge in [-0.1, -0.05) is 34.8 Å². The van der Waals surface area contributed by atoms with Gasteiger partial charge in [0, 0.05) is 12.1 Å². The van der Waals surface area contributed by atoms with Gasteiger partial charge >= 0.3 is 23.7 Å². The summed E-state index contributed by atoms with van der Waals surface area (Å²) in [5.41, 5.74) is -1.24. The lowest BCUT2D eigenvalue weighted by molar-refractivity contribution is -0.384. The standard InChI is InChI=1S/C7H4Cl2F3N3O2.C7H5ClF3N3O2/c8-3-1-4(15(16)17)6(14-5(3)9)13-2-7(10,11)12;8-5-2-1-4(14(15)16)6(13-5)12-3-7(9,10)11/h1H,2H2,(H,13,14);1-2H,3H2,(H,12,13). The number of nitro groups is 2. The Morgan fingerprint density at radius 2 is 1.27 bits per heavy atom. The first-order chi connectivity index (χ1) is 15.0. The van der Waals surface area contributed by atoms with E-state index in [0.29, 0.717) is 0 Å². The van der Waals surface area contributed by atoms with Crippen LogP contribution in [0.2, 0.25) is 15.3 Å². The molecule has 2 aromatic rings. The third kappa shape index (κ3) is 10.1. The zero-order valence-corrected chi connectivity index (χ0v) is 17.7. The Balaban J connectivity index is 0.000000331. The number of nitrogens with zero attached hydrogens (tertiary/aromatic N) is 4. The molecule has 182 valence electrons. The van der Waals surface area contributed by atoms with Crippen molar-refractivity contribution in [2.75, 3.05) is 23.7 Å². The third-order valence-electron chi connectivity index (χ3n) is 3.06. The average molecular weight is 546 g/mol. The van der Waals surface area contributed by atoms with Gasteiger partial charge < -0.3 is 10.6 Å². The van der Waals surface area contributed by atoms with E-state index in [1.165, 1.54) is 0 Å². The maximum Gasteiger partial charge on any atom is 0.405 e. The highest BCUT2D eigenvalue weighted by atomic mass is 35.5. The number of rotatable bonds is 6. The minimum Gasteiger partial charge on any atom is -0.355 e. The van der Waals surface area contributed by atoms with Crippen LogP contribution >= 0.6 is 34.8 Å². The van der Waals surface area contributed by atoms with Crippen LogP contribution in [-0.2, 0) is 0 Å². The van der Waals surface area contributed by atoms with E-state index in [9.17, 15) is 46.6 Å². The Labute approximate surface area is 194 Å². The summed E-state index contributed by atoms with van der Waals surface area (Å²) in [6.45, 7) is -2.88. The Morgan fingerprint density at radius 3 is 1.70 bits per heavy atom. The van der Waals surface area contributed by atoms with Gasteiger partial charge in [0.2, 0.25) is 11.6 Å². The van der Waals surface area contributed by atoms with Crippen molar-refractivity contribution in [1.82, 2.24) is 9.97 Å². The van der Waals surface area contributed by atoms with Crippen molar-refractivity contribution in [1.29, 1.82) is 0 Å². The van der Waals surface area contributed by atoms with Gasteiger partial charge in [-0.05, 0) is 6.07 Å². The van der Waals surface area contributed by atoms with Crippen LogP contribution < -0.4 is 10.6 Å². The Bertz CT molecular complexity index is 1020. The van der Waals surface area contributed by atoms with Gasteiger partial charge in [0.15, 0.2) is 5.15 Å². The molecular formula is C14H9Cl3F6N6O4. The summed E-state index contributed by atoms with van der Waals surface area (Å²) < 4.78 is 71.4. The molecule has 0 aliphatic heterocycles. The molecule has 0 spiro atoms. The van der Waals surface area contributed by atoms with E-state index >= 15 is 0 Å². The zero-order valence-electron chi connectivity index (χ0n) is 15.5. The van der Waals surface area contributed by atoms with E-state index in [2.05, 4.69) is 9.97 Å². The molecule has 0 aromatic carbocycles. The molecule has 2 rings (SSSR count). The van der Waals surface area contributed by atoms with E-state index in [0.717, 1.165) is 18.2 Å². The lowest BCUT2D eigenvalue weighted by atomic mass is 10.4. The molecule has 0 aliphatic carbocycles. The lowest BCUT2D eigenvalue weighted by Crippen LogP contribution is -2.22. The monoisotopic (exact) mass is 544 g/mol. The van der Waals surface area contributed by atoms with Crippen molar-refractivity contribution in [3.8, 4) is 0 Å². The molecule has 0 fully saturated rings. The van der Waals surface area contributed by atoms with Gasteiger partial charge in [0.25, 0.3) is 0 Å². The van der Waals surface area contributed by atoms with E-state index in [-0.39, 0.29) is 15.3 Å². The summed E-state index contributed by atoms with van der Waals surface area (Å²) >= 11 is 16.3. The Kier molecular flexibility index (Phi) is 9.68. The molecule has 0 radical (unpaired) electrons. The van der Waals surface area contributed by atoms with E-state index < -0.39 is 58.3 Å². The first-order valence-electron chi connectivity index (χ1n) is 7.93. The predicted molar refractivity (Wildman–Crippen MR) is 106 cm³/mol. The van der Waals surface area contributed by atoms with Crippen LogP contribution in [0.25, 0.3) is 0 Å². The van der Waals surface area contributed by atoms with Gasteiger partial charge in [-0.2, -0.15) is 26.3 Å². The molecule has 0 atom stereocenters. The highest BCUT2D eigenvalue weighted by Gasteiger charge is 2.30. The quantitative estimate of drug-likeness (QED) is 0.199. The second kappa shape index (κ2) is 11.3. The van der Waals surface area contributed by atoms with Gasteiger partial charge in [-0.3, -0.25) is 20.2 Å². The molecule has 0 unspecified atom stereocenters. The fraction of sp³-hybridized carbons (Fsp3) is 0.286. The number of alkyl halides is 6. The number of halogens is 9. The molecule has 2 aromatic heterocycles. The summed E-state index contributed by atoms with van der Waals surface area (Å²) in [6, 6.07) is 2.93. The van der Waals surface area contributed by atoms with Crippen LogP contribution in [0, 0.1) is 20.2 Å². The normalized spacial score (nSPS) is 11.3. The third-order valence-corrected chi connectivity index (χ3v) is 3.94. The molecule has 0 aliphatic rings. The SMILES string of the molecule is O=[N+]([O-])c1cc(Cl)c(Cl)nc1NCC(F)(F)F.O=[N+]([O-])c1ccc(Cl)nc1NCC(F)(F)F. The van der Waals surface area contributed by atoms with Gasteiger partial charge in [-0.25, -0.2) is 9.97 Å². The Hall–Kier alpha value is -2.85. The van der Waals surface area contributed by atoms with E-state index in [1.807, 2.05) is 5.32 Å². The molecule has 2 heterocycles. The molecule has 33 heavy (non-hydrogen) atoms. The summed E-state index contributed by atoms with van der Waals surface area (Å²) in [7, 11) is 0. The second-order valence-corrected chi connectivity index (χ2v) is 6.73. The van der Waals surface area contributed by atoms with Crippen LogP contribution in [0.15, 0.2) is 18.2 Å². The van der Waals surface area contributed by atoms with Crippen LogP contribution in [0.3, 0.4) is 0 Å². The van der Waals surface area contributed by atoms with Gasteiger partial charge in [0.05, 0.1) is 14.9 Å². The first kappa shape index (κ1) is 28.2. The predicted octanol–water partition coefficient (Wildman–Crippen LogP) is 5.89. The number of anilines is 2. The molecule has 19 heteroatoms. The van der Waals surface area contributed by atoms with Gasteiger partial charge in [-0.15, -0.1) is 0 Å². The van der Waals surface area contributed by atoms with E-state index in [4.69, 9.17) is 34.8 Å². The number of aromatic nitrogens is 2.